The average molecular weight is 714 g/mol. The van der Waals surface area contributed by atoms with E-state index in [4.69, 9.17) is 15.0 Å². The minimum absolute atomic E-state index is 0.101. The monoisotopic (exact) mass is 713 g/mol. The van der Waals surface area contributed by atoms with E-state index in [1.165, 1.54) is 68.2 Å². The zero-order valence-corrected chi connectivity index (χ0v) is 30.7. The number of nitrogens with zero attached hydrogens (tertiary/aromatic N) is 3. The van der Waals surface area contributed by atoms with Gasteiger partial charge in [-0.2, -0.15) is 0 Å². The molecule has 3 heterocycles. The van der Waals surface area contributed by atoms with Gasteiger partial charge in [-0.1, -0.05) is 141 Å². The lowest BCUT2D eigenvalue weighted by Crippen LogP contribution is -2.14. The molecule has 0 bridgehead atoms. The summed E-state index contributed by atoms with van der Waals surface area (Å²) in [4.78, 5) is 16.1. The van der Waals surface area contributed by atoms with E-state index in [0.29, 0.717) is 17.5 Å². The van der Waals surface area contributed by atoms with Crippen LogP contribution in [0.4, 0.5) is 0 Å². The SMILES string of the molecule is CC1(C)c2ccccc2-c2c(-c3ccccc3-c3nc(-c4cccc5c4sc4ccccc45)nc(-c4cccc5c4sc4ccccc45)n3)cccc21. The third kappa shape index (κ3) is 4.54. The topological polar surface area (TPSA) is 38.7 Å². The summed E-state index contributed by atoms with van der Waals surface area (Å²) in [6.45, 7) is 4.67. The Morgan fingerprint density at radius 3 is 1.40 bits per heavy atom. The van der Waals surface area contributed by atoms with Crippen LogP contribution in [0.1, 0.15) is 25.0 Å². The Balaban J connectivity index is 1.19. The fraction of sp³-hybridized carbons (Fsp3) is 0.0625. The molecule has 0 spiro atoms. The molecule has 3 aromatic heterocycles. The molecule has 0 radical (unpaired) electrons. The molecule has 1 aliphatic carbocycles. The van der Waals surface area contributed by atoms with Gasteiger partial charge in [0.1, 0.15) is 0 Å². The van der Waals surface area contributed by atoms with Crippen LogP contribution in [-0.4, -0.2) is 15.0 Å². The van der Waals surface area contributed by atoms with E-state index in [2.05, 4.69) is 166 Å². The van der Waals surface area contributed by atoms with E-state index in [0.717, 1.165) is 22.3 Å². The van der Waals surface area contributed by atoms with Crippen LogP contribution in [0.5, 0.6) is 0 Å². The van der Waals surface area contributed by atoms with Gasteiger partial charge in [0.2, 0.25) is 0 Å². The van der Waals surface area contributed by atoms with Gasteiger partial charge in [-0.3, -0.25) is 0 Å². The van der Waals surface area contributed by atoms with Gasteiger partial charge in [0.25, 0.3) is 0 Å². The summed E-state index contributed by atoms with van der Waals surface area (Å²) in [5.74, 6) is 2.03. The number of thiophene rings is 2. The smallest absolute Gasteiger partial charge is 0.165 e. The third-order valence-electron chi connectivity index (χ3n) is 11.0. The van der Waals surface area contributed by atoms with Gasteiger partial charge in [-0.15, -0.1) is 22.7 Å². The van der Waals surface area contributed by atoms with Gasteiger partial charge in [0.05, 0.1) is 0 Å². The van der Waals surface area contributed by atoms with Crippen LogP contribution in [0.15, 0.2) is 152 Å². The Labute approximate surface area is 314 Å². The summed E-state index contributed by atoms with van der Waals surface area (Å²) >= 11 is 3.60. The maximum atomic E-state index is 5.38. The lowest BCUT2D eigenvalue weighted by Gasteiger charge is -2.21. The Bertz CT molecular complexity index is 2980. The number of hydrogen-bond donors (Lipinski definition) is 0. The van der Waals surface area contributed by atoms with Crippen LogP contribution in [0.25, 0.3) is 96.8 Å². The Morgan fingerprint density at radius 1 is 0.358 bits per heavy atom. The Kier molecular flexibility index (Phi) is 6.64. The molecule has 0 unspecified atom stereocenters. The second-order valence-electron chi connectivity index (χ2n) is 14.3. The quantitative estimate of drug-likeness (QED) is 0.182. The van der Waals surface area contributed by atoms with Crippen molar-refractivity contribution in [1.29, 1.82) is 0 Å². The molecule has 3 nitrogen and oxygen atoms in total. The number of hydrogen-bond acceptors (Lipinski definition) is 5. The summed E-state index contributed by atoms with van der Waals surface area (Å²) in [5, 5.41) is 4.95. The van der Waals surface area contributed by atoms with Crippen LogP contribution in [-0.2, 0) is 5.41 Å². The van der Waals surface area contributed by atoms with Gasteiger partial charge in [0, 0.05) is 62.4 Å². The maximum Gasteiger partial charge on any atom is 0.165 e. The number of rotatable bonds is 4. The molecule has 0 N–H and O–H groups in total. The minimum atomic E-state index is -0.101. The van der Waals surface area contributed by atoms with Crippen molar-refractivity contribution in [1.82, 2.24) is 15.0 Å². The highest BCUT2D eigenvalue weighted by molar-refractivity contribution is 7.26. The number of benzene rings is 7. The van der Waals surface area contributed by atoms with Crippen LogP contribution < -0.4 is 0 Å². The lowest BCUT2D eigenvalue weighted by molar-refractivity contribution is 0.660. The molecule has 0 aliphatic heterocycles. The molecule has 0 atom stereocenters. The van der Waals surface area contributed by atoms with Crippen molar-refractivity contribution in [3.8, 4) is 56.4 Å². The second-order valence-corrected chi connectivity index (χ2v) is 16.4. The molecule has 0 saturated heterocycles. The van der Waals surface area contributed by atoms with E-state index in [9.17, 15) is 0 Å². The van der Waals surface area contributed by atoms with Crippen molar-refractivity contribution in [3.63, 3.8) is 0 Å². The van der Waals surface area contributed by atoms with Crippen molar-refractivity contribution < 1.29 is 0 Å². The zero-order chi connectivity index (χ0) is 35.3. The fourth-order valence-electron chi connectivity index (χ4n) is 8.48. The first-order chi connectivity index (χ1) is 26.0. The first-order valence-corrected chi connectivity index (χ1v) is 19.6. The molecule has 1 aliphatic rings. The first-order valence-electron chi connectivity index (χ1n) is 17.9. The maximum absolute atomic E-state index is 5.38. The molecular weight excluding hydrogens is 683 g/mol. The fourth-order valence-corrected chi connectivity index (χ4v) is 10.9. The molecule has 0 saturated carbocycles. The zero-order valence-electron chi connectivity index (χ0n) is 29.1. The molecule has 5 heteroatoms. The largest absolute Gasteiger partial charge is 0.208 e. The van der Waals surface area contributed by atoms with E-state index in [-0.39, 0.29) is 5.41 Å². The number of fused-ring (bicyclic) bond motifs is 9. The summed E-state index contributed by atoms with van der Waals surface area (Å²) in [7, 11) is 0. The van der Waals surface area contributed by atoms with Crippen molar-refractivity contribution in [2.24, 2.45) is 0 Å². The van der Waals surface area contributed by atoms with E-state index in [1.54, 1.807) is 22.7 Å². The van der Waals surface area contributed by atoms with E-state index < -0.39 is 0 Å². The Hall–Kier alpha value is -6.01. The second kappa shape index (κ2) is 11.5. The van der Waals surface area contributed by atoms with Gasteiger partial charge in [-0.25, -0.2) is 15.0 Å². The highest BCUT2D eigenvalue weighted by Crippen LogP contribution is 2.53. The van der Waals surface area contributed by atoms with E-state index in [1.807, 2.05) is 0 Å². The summed E-state index contributed by atoms with van der Waals surface area (Å²) in [6.07, 6.45) is 0. The van der Waals surface area contributed by atoms with Crippen LogP contribution >= 0.6 is 22.7 Å². The van der Waals surface area contributed by atoms with Crippen molar-refractivity contribution in [3.05, 3.63) is 163 Å². The molecular formula is C48H31N3S2. The van der Waals surface area contributed by atoms with Crippen molar-refractivity contribution in [2.45, 2.75) is 19.3 Å². The summed E-state index contributed by atoms with van der Waals surface area (Å²) < 4.78 is 4.88. The van der Waals surface area contributed by atoms with Crippen LogP contribution in [0.3, 0.4) is 0 Å². The third-order valence-corrected chi connectivity index (χ3v) is 13.4. The predicted octanol–water partition coefficient (Wildman–Crippen LogP) is 13.6. The molecule has 0 amide bonds. The normalized spacial score (nSPS) is 13.2. The van der Waals surface area contributed by atoms with Gasteiger partial charge in [0.15, 0.2) is 17.5 Å². The summed E-state index contributed by atoms with van der Waals surface area (Å²) in [5.41, 5.74) is 10.5. The van der Waals surface area contributed by atoms with Crippen molar-refractivity contribution >= 4 is 63.0 Å². The molecule has 7 aromatic carbocycles. The molecule has 250 valence electrons. The summed E-state index contributed by atoms with van der Waals surface area (Å²) in [6, 6.07) is 54.5. The minimum Gasteiger partial charge on any atom is -0.208 e. The first kappa shape index (κ1) is 30.6. The predicted molar refractivity (Wildman–Crippen MR) is 225 cm³/mol. The molecule has 0 fully saturated rings. The standard InChI is InChI=1S/C48H31N3S2/c1-48(2)38-24-8-5-18-35(38)42-31(19-13-25-39(42)48)28-14-3-4-17-34(28)45-49-46(36-22-11-20-32-29-15-6-9-26-40(29)52-43(32)36)51-47(50-45)37-23-12-21-33-30-16-7-10-27-41(30)53-44(33)37/h3-27H,1-2H3. The van der Waals surface area contributed by atoms with E-state index >= 15 is 0 Å². The Morgan fingerprint density at radius 2 is 0.774 bits per heavy atom. The lowest BCUT2D eigenvalue weighted by atomic mass is 9.82. The van der Waals surface area contributed by atoms with Crippen molar-refractivity contribution in [2.75, 3.05) is 0 Å². The molecule has 10 aromatic rings. The van der Waals surface area contributed by atoms with Gasteiger partial charge in [-0.05, 0) is 57.6 Å². The van der Waals surface area contributed by atoms with Gasteiger partial charge >= 0.3 is 0 Å². The van der Waals surface area contributed by atoms with Crippen LogP contribution in [0.2, 0.25) is 0 Å². The molecule has 53 heavy (non-hydrogen) atoms. The highest BCUT2D eigenvalue weighted by Gasteiger charge is 2.37. The van der Waals surface area contributed by atoms with Gasteiger partial charge < -0.3 is 0 Å². The average Bonchev–Trinajstić information content (AvgIpc) is 3.86. The van der Waals surface area contributed by atoms with Crippen LogP contribution in [0, 0.1) is 0 Å². The number of aromatic nitrogens is 3. The highest BCUT2D eigenvalue weighted by atomic mass is 32.1. The molecule has 11 rings (SSSR count).